The van der Waals surface area contributed by atoms with E-state index in [1.165, 1.54) is 0 Å². The summed E-state index contributed by atoms with van der Waals surface area (Å²) in [6, 6.07) is 7.05. The standard InChI is InChI=1S/C19H24N2O5/c1-20-16(22)8-7-15(17(20)12-3-5-14(26-2)6-4-12)18(23)21-10-9-13(11-21)19(24)25/h3-6,13,15,17H,7-11H2,1-2H3,(H,24,25). The number of carboxylic acids is 1. The van der Waals surface area contributed by atoms with Crippen LogP contribution >= 0.6 is 0 Å². The van der Waals surface area contributed by atoms with Crippen LogP contribution in [0.25, 0.3) is 0 Å². The Bertz CT molecular complexity index is 702. The maximum Gasteiger partial charge on any atom is 0.308 e. The predicted octanol–water partition coefficient (Wildman–Crippen LogP) is 1.54. The number of aliphatic carboxylic acids is 1. The van der Waals surface area contributed by atoms with E-state index in [-0.39, 0.29) is 30.3 Å². The van der Waals surface area contributed by atoms with Crippen molar-refractivity contribution in [3.05, 3.63) is 29.8 Å². The smallest absolute Gasteiger partial charge is 0.308 e. The molecular weight excluding hydrogens is 336 g/mol. The van der Waals surface area contributed by atoms with E-state index < -0.39 is 11.9 Å². The highest BCUT2D eigenvalue weighted by atomic mass is 16.5. The normalized spacial score (nSPS) is 26.1. The minimum Gasteiger partial charge on any atom is -0.497 e. The van der Waals surface area contributed by atoms with Crippen LogP contribution in [0.5, 0.6) is 5.75 Å². The number of carbonyl (C=O) groups is 3. The second-order valence-electron chi connectivity index (χ2n) is 6.98. The number of nitrogens with zero attached hydrogens (tertiary/aromatic N) is 2. The summed E-state index contributed by atoms with van der Waals surface area (Å²) in [6.07, 6.45) is 1.29. The number of likely N-dealkylation sites (tertiary alicyclic amines) is 2. The number of methoxy groups -OCH3 is 1. The fourth-order valence-corrected chi connectivity index (χ4v) is 3.95. The largest absolute Gasteiger partial charge is 0.497 e. The number of amides is 2. The Morgan fingerprint density at radius 2 is 1.88 bits per heavy atom. The van der Waals surface area contributed by atoms with Crippen LogP contribution in [-0.2, 0) is 14.4 Å². The molecule has 0 saturated carbocycles. The molecule has 7 heteroatoms. The van der Waals surface area contributed by atoms with Gasteiger partial charge in [0.25, 0.3) is 0 Å². The molecule has 0 spiro atoms. The highest BCUT2D eigenvalue weighted by molar-refractivity contribution is 5.85. The van der Waals surface area contributed by atoms with Gasteiger partial charge in [0.15, 0.2) is 0 Å². The van der Waals surface area contributed by atoms with Gasteiger partial charge in [0.05, 0.1) is 25.0 Å². The van der Waals surface area contributed by atoms with Crippen molar-refractivity contribution in [3.8, 4) is 5.75 Å². The number of carbonyl (C=O) groups excluding carboxylic acids is 2. The molecule has 2 saturated heterocycles. The van der Waals surface area contributed by atoms with Gasteiger partial charge >= 0.3 is 5.97 Å². The first-order chi connectivity index (χ1) is 12.4. The third-order valence-electron chi connectivity index (χ3n) is 5.48. The lowest BCUT2D eigenvalue weighted by Gasteiger charge is -2.40. The average Bonchev–Trinajstić information content (AvgIpc) is 3.14. The lowest BCUT2D eigenvalue weighted by Crippen LogP contribution is -2.47. The zero-order valence-electron chi connectivity index (χ0n) is 15.1. The molecule has 2 aliphatic heterocycles. The zero-order chi connectivity index (χ0) is 18.8. The Morgan fingerprint density at radius 3 is 2.46 bits per heavy atom. The SMILES string of the molecule is COc1ccc(C2C(C(=O)N3CCC(C(=O)O)C3)CCC(=O)N2C)cc1. The molecule has 3 unspecified atom stereocenters. The van der Waals surface area contributed by atoms with Crippen LogP contribution in [0.1, 0.15) is 30.9 Å². The molecule has 0 bridgehead atoms. The summed E-state index contributed by atoms with van der Waals surface area (Å²) in [5.74, 6) is -1.05. The van der Waals surface area contributed by atoms with Crippen LogP contribution in [-0.4, -0.2) is 59.9 Å². The number of benzene rings is 1. The van der Waals surface area contributed by atoms with Crippen LogP contribution in [0.3, 0.4) is 0 Å². The number of ether oxygens (including phenoxy) is 1. The van der Waals surface area contributed by atoms with Crippen molar-refractivity contribution in [3.63, 3.8) is 0 Å². The van der Waals surface area contributed by atoms with Crippen molar-refractivity contribution in [2.45, 2.75) is 25.3 Å². The molecule has 2 amide bonds. The minimum atomic E-state index is -0.858. The van der Waals surface area contributed by atoms with Gasteiger partial charge in [-0.05, 0) is 30.5 Å². The van der Waals surface area contributed by atoms with Gasteiger partial charge in [0.1, 0.15) is 5.75 Å². The molecule has 2 aliphatic rings. The van der Waals surface area contributed by atoms with E-state index in [0.717, 1.165) is 5.56 Å². The monoisotopic (exact) mass is 360 g/mol. The van der Waals surface area contributed by atoms with E-state index in [4.69, 9.17) is 4.74 Å². The van der Waals surface area contributed by atoms with Crippen molar-refractivity contribution >= 4 is 17.8 Å². The van der Waals surface area contributed by atoms with Crippen molar-refractivity contribution < 1.29 is 24.2 Å². The Morgan fingerprint density at radius 1 is 1.19 bits per heavy atom. The fourth-order valence-electron chi connectivity index (χ4n) is 3.95. The summed E-state index contributed by atoms with van der Waals surface area (Å²) in [4.78, 5) is 39.8. The summed E-state index contributed by atoms with van der Waals surface area (Å²) in [6.45, 7) is 0.705. The molecule has 7 nitrogen and oxygen atoms in total. The molecule has 2 heterocycles. The second kappa shape index (κ2) is 7.35. The van der Waals surface area contributed by atoms with E-state index >= 15 is 0 Å². The molecule has 1 aromatic carbocycles. The Kier molecular flexibility index (Phi) is 5.15. The molecule has 0 aromatic heterocycles. The first kappa shape index (κ1) is 18.2. The molecule has 1 N–H and O–H groups in total. The summed E-state index contributed by atoms with van der Waals surface area (Å²) in [5.41, 5.74) is 0.883. The lowest BCUT2D eigenvalue weighted by atomic mass is 9.83. The quantitative estimate of drug-likeness (QED) is 0.880. The third-order valence-corrected chi connectivity index (χ3v) is 5.48. The maximum atomic E-state index is 13.1. The Balaban J connectivity index is 1.84. The number of carboxylic acid groups (broad SMARTS) is 1. The number of piperidine rings is 1. The third kappa shape index (κ3) is 3.38. The van der Waals surface area contributed by atoms with Gasteiger partial charge in [0.2, 0.25) is 11.8 Å². The molecule has 140 valence electrons. The highest BCUT2D eigenvalue weighted by Gasteiger charge is 2.42. The first-order valence-electron chi connectivity index (χ1n) is 8.83. The summed E-state index contributed by atoms with van der Waals surface area (Å²) < 4.78 is 5.18. The minimum absolute atomic E-state index is 0.0136. The second-order valence-corrected chi connectivity index (χ2v) is 6.98. The molecule has 2 fully saturated rings. The van der Waals surface area contributed by atoms with Crippen molar-refractivity contribution in [2.24, 2.45) is 11.8 Å². The van der Waals surface area contributed by atoms with Crippen LogP contribution in [0.15, 0.2) is 24.3 Å². The summed E-state index contributed by atoms with van der Waals surface area (Å²) >= 11 is 0. The van der Waals surface area contributed by atoms with Gasteiger partial charge in [-0.2, -0.15) is 0 Å². The Labute approximate surface area is 152 Å². The van der Waals surface area contributed by atoms with Gasteiger partial charge in [-0.25, -0.2) is 0 Å². The molecule has 26 heavy (non-hydrogen) atoms. The summed E-state index contributed by atoms with van der Waals surface area (Å²) in [5, 5.41) is 9.18. The van der Waals surface area contributed by atoms with Crippen LogP contribution in [0.4, 0.5) is 0 Å². The maximum absolute atomic E-state index is 13.1. The van der Waals surface area contributed by atoms with Gasteiger partial charge in [-0.3, -0.25) is 14.4 Å². The number of rotatable bonds is 4. The number of hydrogen-bond donors (Lipinski definition) is 1. The van der Waals surface area contributed by atoms with E-state index in [2.05, 4.69) is 0 Å². The van der Waals surface area contributed by atoms with E-state index in [9.17, 15) is 19.5 Å². The highest BCUT2D eigenvalue weighted by Crippen LogP contribution is 2.38. The molecular formula is C19H24N2O5. The van der Waals surface area contributed by atoms with E-state index in [1.807, 2.05) is 24.3 Å². The van der Waals surface area contributed by atoms with Gasteiger partial charge in [-0.15, -0.1) is 0 Å². The fraction of sp³-hybridized carbons (Fsp3) is 0.526. The first-order valence-corrected chi connectivity index (χ1v) is 8.83. The topological polar surface area (TPSA) is 87.1 Å². The Hall–Kier alpha value is -2.57. The van der Waals surface area contributed by atoms with E-state index in [0.29, 0.717) is 31.6 Å². The zero-order valence-corrected chi connectivity index (χ0v) is 15.1. The van der Waals surface area contributed by atoms with Crippen LogP contribution in [0, 0.1) is 11.8 Å². The average molecular weight is 360 g/mol. The van der Waals surface area contributed by atoms with Crippen LogP contribution in [0.2, 0.25) is 0 Å². The van der Waals surface area contributed by atoms with Crippen molar-refractivity contribution in [1.82, 2.24) is 9.80 Å². The molecule has 0 radical (unpaired) electrons. The van der Waals surface area contributed by atoms with Crippen molar-refractivity contribution in [1.29, 1.82) is 0 Å². The molecule has 1 aromatic rings. The molecule has 0 aliphatic carbocycles. The van der Waals surface area contributed by atoms with E-state index in [1.54, 1.807) is 24.0 Å². The van der Waals surface area contributed by atoms with Gasteiger partial charge in [-0.1, -0.05) is 12.1 Å². The number of hydrogen-bond acceptors (Lipinski definition) is 4. The molecule has 3 atom stereocenters. The lowest BCUT2D eigenvalue weighted by molar-refractivity contribution is -0.146. The van der Waals surface area contributed by atoms with Gasteiger partial charge < -0.3 is 19.6 Å². The summed E-state index contributed by atoms with van der Waals surface area (Å²) in [7, 11) is 3.31. The van der Waals surface area contributed by atoms with Crippen molar-refractivity contribution in [2.75, 3.05) is 27.2 Å². The van der Waals surface area contributed by atoms with Crippen LogP contribution < -0.4 is 4.74 Å². The molecule has 3 rings (SSSR count). The van der Waals surface area contributed by atoms with Gasteiger partial charge in [0, 0.05) is 26.6 Å². The predicted molar refractivity (Wildman–Crippen MR) is 93.6 cm³/mol.